The van der Waals surface area contributed by atoms with E-state index in [1.165, 1.54) is 0 Å². The van der Waals surface area contributed by atoms with Crippen molar-refractivity contribution in [2.45, 2.75) is 19.8 Å². The minimum atomic E-state index is -0.636. The lowest BCUT2D eigenvalue weighted by Gasteiger charge is -2.05. The molecule has 0 saturated heterocycles. The van der Waals surface area contributed by atoms with Gasteiger partial charge in [-0.2, -0.15) is 5.26 Å². The smallest absolute Gasteiger partial charge is 0.323 e. The fourth-order valence-electron chi connectivity index (χ4n) is 0.762. The minimum absolute atomic E-state index is 0.325. The molecule has 0 bridgehead atoms. The van der Waals surface area contributed by atoms with Crippen LogP contribution in [0.25, 0.3) is 0 Å². The molecule has 0 aromatic heterocycles. The van der Waals surface area contributed by atoms with Crippen molar-refractivity contribution in [2.24, 2.45) is 5.92 Å². The first-order chi connectivity index (χ1) is 5.76. The molecule has 0 aliphatic heterocycles. The van der Waals surface area contributed by atoms with Gasteiger partial charge < -0.3 is 4.74 Å². The number of allylic oxidation sites excluding steroid dienone is 1. The van der Waals surface area contributed by atoms with E-state index in [2.05, 4.69) is 6.58 Å². The largest absolute Gasteiger partial charge is 0.465 e. The van der Waals surface area contributed by atoms with Gasteiger partial charge in [0.25, 0.3) is 0 Å². The second-order valence-corrected chi connectivity index (χ2v) is 2.30. The molecular weight excluding hydrogens is 154 g/mol. The average molecular weight is 167 g/mol. The van der Waals surface area contributed by atoms with Gasteiger partial charge in [0.1, 0.15) is 5.92 Å². The van der Waals surface area contributed by atoms with Crippen LogP contribution < -0.4 is 0 Å². The molecule has 0 amide bonds. The Morgan fingerprint density at radius 3 is 2.92 bits per heavy atom. The van der Waals surface area contributed by atoms with Crippen molar-refractivity contribution >= 4 is 5.97 Å². The van der Waals surface area contributed by atoms with Crippen molar-refractivity contribution in [1.82, 2.24) is 0 Å². The van der Waals surface area contributed by atoms with Crippen molar-refractivity contribution in [1.29, 1.82) is 5.26 Å². The first-order valence-electron chi connectivity index (χ1n) is 3.93. The van der Waals surface area contributed by atoms with Crippen molar-refractivity contribution in [3.63, 3.8) is 0 Å². The van der Waals surface area contributed by atoms with Crippen LogP contribution in [-0.4, -0.2) is 12.6 Å². The quantitative estimate of drug-likeness (QED) is 0.462. The predicted octanol–water partition coefficient (Wildman–Crippen LogP) is 1.66. The van der Waals surface area contributed by atoms with Gasteiger partial charge >= 0.3 is 5.97 Å². The molecule has 0 fully saturated rings. The summed E-state index contributed by atoms with van der Waals surface area (Å²) in [5, 5.41) is 8.56. The Morgan fingerprint density at radius 1 is 1.83 bits per heavy atom. The maximum atomic E-state index is 11.0. The number of hydrogen-bond donors (Lipinski definition) is 0. The first kappa shape index (κ1) is 10.7. The van der Waals surface area contributed by atoms with Gasteiger partial charge in [-0.15, -0.1) is 6.58 Å². The maximum absolute atomic E-state index is 11.0. The summed E-state index contributed by atoms with van der Waals surface area (Å²) in [7, 11) is 0. The van der Waals surface area contributed by atoms with E-state index < -0.39 is 11.9 Å². The third-order valence-electron chi connectivity index (χ3n) is 1.39. The fraction of sp³-hybridized carbons (Fsp3) is 0.556. The van der Waals surface area contributed by atoms with E-state index in [0.717, 1.165) is 0 Å². The van der Waals surface area contributed by atoms with Crippen LogP contribution in [0, 0.1) is 17.2 Å². The Balaban J connectivity index is 3.89. The molecule has 0 spiro atoms. The van der Waals surface area contributed by atoms with Gasteiger partial charge in [0.15, 0.2) is 0 Å². The molecule has 0 N–H and O–H groups in total. The van der Waals surface area contributed by atoms with Gasteiger partial charge in [-0.1, -0.05) is 6.08 Å². The number of rotatable bonds is 5. The molecule has 3 heteroatoms. The summed E-state index contributed by atoms with van der Waals surface area (Å²) in [4.78, 5) is 11.0. The van der Waals surface area contributed by atoms with Crippen LogP contribution in [0.2, 0.25) is 0 Å². The summed E-state index contributed by atoms with van der Waals surface area (Å²) < 4.78 is 4.70. The van der Waals surface area contributed by atoms with Gasteiger partial charge in [-0.25, -0.2) is 0 Å². The van der Waals surface area contributed by atoms with E-state index in [1.54, 1.807) is 13.0 Å². The van der Waals surface area contributed by atoms with Gasteiger partial charge in [0.2, 0.25) is 0 Å². The van der Waals surface area contributed by atoms with E-state index in [0.29, 0.717) is 19.4 Å². The highest BCUT2D eigenvalue weighted by Gasteiger charge is 2.17. The second-order valence-electron chi connectivity index (χ2n) is 2.30. The molecule has 1 atom stereocenters. The zero-order valence-electron chi connectivity index (χ0n) is 7.25. The highest BCUT2D eigenvalue weighted by Crippen LogP contribution is 2.07. The van der Waals surface area contributed by atoms with Crippen LogP contribution in [0.5, 0.6) is 0 Å². The lowest BCUT2D eigenvalue weighted by molar-refractivity contribution is -0.146. The van der Waals surface area contributed by atoms with Crippen molar-refractivity contribution in [3.05, 3.63) is 12.7 Å². The van der Waals surface area contributed by atoms with Gasteiger partial charge in [0, 0.05) is 0 Å². The molecule has 66 valence electrons. The standard InChI is InChI=1S/C9H13NO2/c1-3-5-6-8(7-10)9(11)12-4-2/h3,8H,1,4-6H2,2H3. The van der Waals surface area contributed by atoms with Crippen molar-refractivity contribution in [2.75, 3.05) is 6.61 Å². The highest BCUT2D eigenvalue weighted by atomic mass is 16.5. The Kier molecular flexibility index (Phi) is 5.72. The Labute approximate surface area is 72.6 Å². The summed E-state index contributed by atoms with van der Waals surface area (Å²) in [5.74, 6) is -1.07. The molecule has 0 saturated carbocycles. The minimum Gasteiger partial charge on any atom is -0.465 e. The van der Waals surface area contributed by atoms with E-state index >= 15 is 0 Å². The molecular formula is C9H13NO2. The topological polar surface area (TPSA) is 50.1 Å². The zero-order valence-corrected chi connectivity index (χ0v) is 7.25. The molecule has 0 aliphatic carbocycles. The number of esters is 1. The van der Waals surface area contributed by atoms with E-state index in [4.69, 9.17) is 10.00 Å². The summed E-state index contributed by atoms with van der Waals surface area (Å²) in [6.07, 6.45) is 2.85. The van der Waals surface area contributed by atoms with Crippen LogP contribution in [0.3, 0.4) is 0 Å². The molecule has 12 heavy (non-hydrogen) atoms. The van der Waals surface area contributed by atoms with Crippen LogP contribution in [0.15, 0.2) is 12.7 Å². The maximum Gasteiger partial charge on any atom is 0.323 e. The molecule has 0 aromatic carbocycles. The third-order valence-corrected chi connectivity index (χ3v) is 1.39. The van der Waals surface area contributed by atoms with Crippen LogP contribution in [-0.2, 0) is 9.53 Å². The van der Waals surface area contributed by atoms with Crippen LogP contribution in [0.1, 0.15) is 19.8 Å². The molecule has 3 nitrogen and oxygen atoms in total. The number of carbonyl (C=O) groups excluding carboxylic acids is 1. The number of ether oxygens (including phenoxy) is 1. The van der Waals surface area contributed by atoms with Crippen molar-refractivity contribution in [3.8, 4) is 6.07 Å². The average Bonchev–Trinajstić information content (AvgIpc) is 2.06. The van der Waals surface area contributed by atoms with Crippen LogP contribution in [0.4, 0.5) is 0 Å². The molecule has 0 rings (SSSR count). The predicted molar refractivity (Wildman–Crippen MR) is 45.2 cm³/mol. The monoisotopic (exact) mass is 167 g/mol. The summed E-state index contributed by atoms with van der Waals surface area (Å²) in [5.41, 5.74) is 0. The zero-order chi connectivity index (χ0) is 9.40. The number of nitriles is 1. The number of nitrogens with zero attached hydrogens (tertiary/aromatic N) is 1. The Hall–Kier alpha value is -1.30. The van der Waals surface area contributed by atoms with Crippen LogP contribution >= 0.6 is 0 Å². The molecule has 0 radical (unpaired) electrons. The SMILES string of the molecule is C=CCCC(C#N)C(=O)OCC. The lowest BCUT2D eigenvalue weighted by atomic mass is 10.1. The molecule has 0 aliphatic rings. The van der Waals surface area contributed by atoms with Gasteiger partial charge in [-0.05, 0) is 19.8 Å². The molecule has 1 unspecified atom stereocenters. The van der Waals surface area contributed by atoms with E-state index in [1.807, 2.05) is 6.07 Å². The number of carbonyl (C=O) groups is 1. The van der Waals surface area contributed by atoms with E-state index in [9.17, 15) is 4.79 Å². The molecule has 0 aromatic rings. The lowest BCUT2D eigenvalue weighted by Crippen LogP contribution is -2.15. The third kappa shape index (κ3) is 3.77. The Bertz CT molecular complexity index is 193. The second kappa shape index (κ2) is 6.41. The van der Waals surface area contributed by atoms with E-state index in [-0.39, 0.29) is 0 Å². The van der Waals surface area contributed by atoms with Crippen molar-refractivity contribution < 1.29 is 9.53 Å². The van der Waals surface area contributed by atoms with Gasteiger partial charge in [0.05, 0.1) is 12.7 Å². The number of hydrogen-bond acceptors (Lipinski definition) is 3. The summed E-state index contributed by atoms with van der Waals surface area (Å²) in [6.45, 7) is 5.56. The van der Waals surface area contributed by atoms with Gasteiger partial charge in [-0.3, -0.25) is 4.79 Å². The molecule has 0 heterocycles. The normalized spacial score (nSPS) is 11.3. The fourth-order valence-corrected chi connectivity index (χ4v) is 0.762. The summed E-state index contributed by atoms with van der Waals surface area (Å²) in [6, 6.07) is 1.90. The summed E-state index contributed by atoms with van der Waals surface area (Å²) >= 11 is 0. The highest BCUT2D eigenvalue weighted by molar-refractivity contribution is 5.75. The Morgan fingerprint density at radius 2 is 2.50 bits per heavy atom. The first-order valence-corrected chi connectivity index (χ1v) is 3.93.